The van der Waals surface area contributed by atoms with E-state index in [2.05, 4.69) is 4.72 Å². The molecule has 1 aromatic rings. The summed E-state index contributed by atoms with van der Waals surface area (Å²) >= 11 is 5.97. The third-order valence-electron chi connectivity index (χ3n) is 3.75. The smallest absolute Gasteiger partial charge is 0.207 e. The quantitative estimate of drug-likeness (QED) is 0.849. The maximum Gasteiger partial charge on any atom is 0.240 e. The molecule has 0 heterocycles. The van der Waals surface area contributed by atoms with Gasteiger partial charge in [-0.15, -0.1) is 11.6 Å². The maximum atomic E-state index is 12.3. The molecular weight excluding hydrogens is 282 g/mol. The number of sulfonamides is 1. The van der Waals surface area contributed by atoms with Gasteiger partial charge < -0.3 is 0 Å². The molecule has 106 valence electrons. The molecule has 1 aromatic carbocycles. The van der Waals surface area contributed by atoms with E-state index in [-0.39, 0.29) is 6.04 Å². The molecule has 1 N–H and O–H groups in total. The number of hydrogen-bond acceptors (Lipinski definition) is 2. The van der Waals surface area contributed by atoms with Gasteiger partial charge in [0.05, 0.1) is 4.90 Å². The van der Waals surface area contributed by atoms with Gasteiger partial charge in [-0.1, -0.05) is 37.5 Å². The van der Waals surface area contributed by atoms with Gasteiger partial charge in [0.25, 0.3) is 0 Å². The second kappa shape index (κ2) is 6.73. The normalized spacial score (nSPS) is 19.2. The van der Waals surface area contributed by atoms with Crippen molar-refractivity contribution in [3.8, 4) is 0 Å². The van der Waals surface area contributed by atoms with Crippen molar-refractivity contribution in [2.45, 2.75) is 43.0 Å². The Labute approximate surface area is 120 Å². The molecule has 2 rings (SSSR count). The highest BCUT2D eigenvalue weighted by Crippen LogP contribution is 2.27. The summed E-state index contributed by atoms with van der Waals surface area (Å²) < 4.78 is 27.3. The van der Waals surface area contributed by atoms with Crippen molar-refractivity contribution in [2.75, 3.05) is 5.88 Å². The Hall–Kier alpha value is -0.580. The van der Waals surface area contributed by atoms with Gasteiger partial charge in [-0.3, -0.25) is 0 Å². The Morgan fingerprint density at radius 3 is 2.37 bits per heavy atom. The number of halogens is 1. The Morgan fingerprint density at radius 2 is 1.79 bits per heavy atom. The summed E-state index contributed by atoms with van der Waals surface area (Å²) in [6.45, 7) is 0. The van der Waals surface area contributed by atoms with Gasteiger partial charge >= 0.3 is 0 Å². The summed E-state index contributed by atoms with van der Waals surface area (Å²) in [5.41, 5.74) is 0. The molecule has 0 aliphatic heterocycles. The van der Waals surface area contributed by atoms with Crippen LogP contribution in [0.1, 0.15) is 32.1 Å². The van der Waals surface area contributed by atoms with E-state index in [0.717, 1.165) is 12.8 Å². The molecule has 1 saturated carbocycles. The highest BCUT2D eigenvalue weighted by molar-refractivity contribution is 7.89. The minimum absolute atomic E-state index is 0.160. The monoisotopic (exact) mass is 301 g/mol. The summed E-state index contributed by atoms with van der Waals surface area (Å²) in [5.74, 6) is 0.696. The molecule has 0 amide bonds. The molecule has 1 unspecified atom stereocenters. The zero-order chi connectivity index (χ0) is 13.7. The van der Waals surface area contributed by atoms with Crippen LogP contribution in [-0.2, 0) is 10.0 Å². The van der Waals surface area contributed by atoms with E-state index >= 15 is 0 Å². The van der Waals surface area contributed by atoms with Crippen LogP contribution in [0.3, 0.4) is 0 Å². The lowest BCUT2D eigenvalue weighted by Crippen LogP contribution is -2.42. The Bertz CT molecular complexity index is 483. The summed E-state index contributed by atoms with van der Waals surface area (Å²) in [4.78, 5) is 0.306. The molecule has 3 nitrogen and oxygen atoms in total. The van der Waals surface area contributed by atoms with Crippen molar-refractivity contribution >= 4 is 21.6 Å². The van der Waals surface area contributed by atoms with Crippen LogP contribution in [0.25, 0.3) is 0 Å². The third kappa shape index (κ3) is 3.94. The Morgan fingerprint density at radius 1 is 1.16 bits per heavy atom. The van der Waals surface area contributed by atoms with Crippen molar-refractivity contribution in [3.05, 3.63) is 30.3 Å². The van der Waals surface area contributed by atoms with Crippen molar-refractivity contribution in [3.63, 3.8) is 0 Å². The van der Waals surface area contributed by atoms with Crippen LogP contribution in [0.4, 0.5) is 0 Å². The van der Waals surface area contributed by atoms with Crippen LogP contribution < -0.4 is 4.72 Å². The molecule has 0 radical (unpaired) electrons. The van der Waals surface area contributed by atoms with Gasteiger partial charge in [-0.25, -0.2) is 13.1 Å². The number of rotatable bonds is 5. The molecule has 1 fully saturated rings. The first kappa shape index (κ1) is 14.8. The molecule has 0 spiro atoms. The average Bonchev–Trinajstić information content (AvgIpc) is 2.47. The topological polar surface area (TPSA) is 46.2 Å². The molecular formula is C14H20ClNO2S. The largest absolute Gasteiger partial charge is 0.240 e. The van der Waals surface area contributed by atoms with E-state index in [4.69, 9.17) is 11.6 Å². The van der Waals surface area contributed by atoms with E-state index in [1.54, 1.807) is 30.3 Å². The van der Waals surface area contributed by atoms with E-state index in [0.29, 0.717) is 16.7 Å². The zero-order valence-electron chi connectivity index (χ0n) is 10.9. The molecule has 0 saturated heterocycles. The van der Waals surface area contributed by atoms with Crippen LogP contribution in [0.2, 0.25) is 0 Å². The average molecular weight is 302 g/mol. The first-order valence-corrected chi connectivity index (χ1v) is 8.78. The van der Waals surface area contributed by atoms with Crippen molar-refractivity contribution in [1.29, 1.82) is 0 Å². The van der Waals surface area contributed by atoms with E-state index in [9.17, 15) is 8.42 Å². The Kier molecular flexibility index (Phi) is 5.25. The number of benzene rings is 1. The van der Waals surface area contributed by atoms with E-state index < -0.39 is 10.0 Å². The molecule has 1 aliphatic rings. The van der Waals surface area contributed by atoms with Crippen LogP contribution >= 0.6 is 11.6 Å². The zero-order valence-corrected chi connectivity index (χ0v) is 12.5. The van der Waals surface area contributed by atoms with Gasteiger partial charge in [0.1, 0.15) is 0 Å². The lowest BCUT2D eigenvalue weighted by molar-refractivity contribution is 0.305. The van der Waals surface area contributed by atoms with Crippen LogP contribution in [0, 0.1) is 5.92 Å². The van der Waals surface area contributed by atoms with E-state index in [1.807, 2.05) is 0 Å². The van der Waals surface area contributed by atoms with Gasteiger partial charge in [0.2, 0.25) is 10.0 Å². The highest BCUT2D eigenvalue weighted by atomic mass is 35.5. The van der Waals surface area contributed by atoms with Crippen LogP contribution in [0.5, 0.6) is 0 Å². The number of hydrogen-bond donors (Lipinski definition) is 1. The SMILES string of the molecule is O=S(=O)(NC(CCl)C1CCCCC1)c1ccccc1. The fraction of sp³-hybridized carbons (Fsp3) is 0.571. The van der Waals surface area contributed by atoms with Gasteiger partial charge in [0.15, 0.2) is 0 Å². The first-order chi connectivity index (χ1) is 9.13. The van der Waals surface area contributed by atoms with Gasteiger partial charge in [-0.05, 0) is 30.9 Å². The van der Waals surface area contributed by atoms with Gasteiger partial charge in [0, 0.05) is 11.9 Å². The summed E-state index contributed by atoms with van der Waals surface area (Å²) in [5, 5.41) is 0. The van der Waals surface area contributed by atoms with Gasteiger partial charge in [-0.2, -0.15) is 0 Å². The molecule has 0 bridgehead atoms. The fourth-order valence-corrected chi connectivity index (χ4v) is 4.40. The fourth-order valence-electron chi connectivity index (χ4n) is 2.66. The van der Waals surface area contributed by atoms with E-state index in [1.165, 1.54) is 19.3 Å². The molecule has 5 heteroatoms. The lowest BCUT2D eigenvalue weighted by Gasteiger charge is -2.29. The molecule has 1 atom stereocenters. The summed E-state index contributed by atoms with van der Waals surface area (Å²) in [6.07, 6.45) is 5.72. The molecule has 0 aromatic heterocycles. The predicted octanol–water partition coefficient (Wildman–Crippen LogP) is 3.15. The van der Waals surface area contributed by atoms with Crippen molar-refractivity contribution in [2.24, 2.45) is 5.92 Å². The molecule has 19 heavy (non-hydrogen) atoms. The van der Waals surface area contributed by atoms with Crippen molar-refractivity contribution < 1.29 is 8.42 Å². The predicted molar refractivity (Wildman–Crippen MR) is 77.8 cm³/mol. The second-order valence-corrected chi connectivity index (χ2v) is 7.12. The van der Waals surface area contributed by atoms with Crippen LogP contribution in [-0.4, -0.2) is 20.3 Å². The highest BCUT2D eigenvalue weighted by Gasteiger charge is 2.27. The second-order valence-electron chi connectivity index (χ2n) is 5.09. The van der Waals surface area contributed by atoms with Crippen LogP contribution in [0.15, 0.2) is 35.2 Å². The molecule has 1 aliphatic carbocycles. The Balaban J connectivity index is 2.09. The first-order valence-electron chi connectivity index (χ1n) is 6.77. The lowest BCUT2D eigenvalue weighted by atomic mass is 9.85. The summed E-state index contributed by atoms with van der Waals surface area (Å²) in [6, 6.07) is 8.31. The minimum Gasteiger partial charge on any atom is -0.207 e. The maximum absolute atomic E-state index is 12.3. The minimum atomic E-state index is -3.46. The number of nitrogens with one attached hydrogen (secondary N) is 1. The van der Waals surface area contributed by atoms with Crippen molar-refractivity contribution in [1.82, 2.24) is 4.72 Å². The number of alkyl halides is 1. The standard InChI is InChI=1S/C14H20ClNO2S/c15-11-14(12-7-3-1-4-8-12)16-19(17,18)13-9-5-2-6-10-13/h2,5-6,9-10,12,14,16H,1,3-4,7-8,11H2. The summed E-state index contributed by atoms with van der Waals surface area (Å²) in [7, 11) is -3.46. The third-order valence-corrected chi connectivity index (χ3v) is 5.58.